The van der Waals surface area contributed by atoms with Crippen molar-refractivity contribution in [3.8, 4) is 0 Å². The molecule has 1 N–H and O–H groups in total. The molecule has 0 saturated carbocycles. The van der Waals surface area contributed by atoms with Crippen molar-refractivity contribution in [3.63, 3.8) is 0 Å². The Bertz CT molecular complexity index is 528. The summed E-state index contributed by atoms with van der Waals surface area (Å²) in [5, 5.41) is 2.75. The van der Waals surface area contributed by atoms with Crippen LogP contribution in [0.15, 0.2) is 30.6 Å². The molecule has 0 aliphatic carbocycles. The molecule has 0 radical (unpaired) electrons. The molecule has 0 aliphatic heterocycles. The van der Waals surface area contributed by atoms with Crippen LogP contribution in [0.1, 0.15) is 10.4 Å². The standard InChI is InChI=1S/C12H13N3O2/c1-17-7-6-15-12(16)9-2-3-10-11(8-9)14-5-4-13-10/h2-5,8H,6-7H2,1H3,(H,15,16). The van der Waals surface area contributed by atoms with Crippen molar-refractivity contribution in [2.75, 3.05) is 20.3 Å². The number of methoxy groups -OCH3 is 1. The topological polar surface area (TPSA) is 64.1 Å². The summed E-state index contributed by atoms with van der Waals surface area (Å²) < 4.78 is 4.86. The first-order valence-electron chi connectivity index (χ1n) is 5.29. The molecule has 1 amide bonds. The second-order valence-electron chi connectivity index (χ2n) is 3.51. The van der Waals surface area contributed by atoms with E-state index in [2.05, 4.69) is 15.3 Å². The van der Waals surface area contributed by atoms with Crippen molar-refractivity contribution in [3.05, 3.63) is 36.2 Å². The number of fused-ring (bicyclic) bond motifs is 1. The number of carbonyl (C=O) groups excluding carboxylic acids is 1. The number of benzene rings is 1. The predicted molar refractivity (Wildman–Crippen MR) is 63.7 cm³/mol. The summed E-state index contributed by atoms with van der Waals surface area (Å²) in [5.74, 6) is -0.130. The van der Waals surface area contributed by atoms with E-state index in [1.54, 1.807) is 37.7 Å². The number of carbonyl (C=O) groups is 1. The molecule has 5 nitrogen and oxygen atoms in total. The van der Waals surface area contributed by atoms with Gasteiger partial charge in [0, 0.05) is 31.6 Å². The van der Waals surface area contributed by atoms with Crippen LogP contribution in [0.25, 0.3) is 11.0 Å². The third kappa shape index (κ3) is 2.76. The molecule has 0 atom stereocenters. The van der Waals surface area contributed by atoms with Crippen LogP contribution in [-0.4, -0.2) is 36.1 Å². The van der Waals surface area contributed by atoms with E-state index < -0.39 is 0 Å². The number of amides is 1. The molecule has 17 heavy (non-hydrogen) atoms. The third-order valence-electron chi connectivity index (χ3n) is 2.32. The molecule has 2 rings (SSSR count). The average molecular weight is 231 g/mol. The fourth-order valence-corrected chi connectivity index (χ4v) is 1.47. The quantitative estimate of drug-likeness (QED) is 0.797. The molecule has 2 aromatic rings. The highest BCUT2D eigenvalue weighted by Gasteiger charge is 2.06. The number of aromatic nitrogens is 2. The van der Waals surface area contributed by atoms with E-state index in [1.807, 2.05) is 0 Å². The van der Waals surface area contributed by atoms with Gasteiger partial charge in [-0.05, 0) is 18.2 Å². The van der Waals surface area contributed by atoms with Gasteiger partial charge in [0.2, 0.25) is 0 Å². The summed E-state index contributed by atoms with van der Waals surface area (Å²) in [4.78, 5) is 20.0. The van der Waals surface area contributed by atoms with E-state index in [9.17, 15) is 4.79 Å². The van der Waals surface area contributed by atoms with Gasteiger partial charge in [0.25, 0.3) is 5.91 Å². The predicted octanol–water partition coefficient (Wildman–Crippen LogP) is 1.01. The van der Waals surface area contributed by atoms with Crippen LogP contribution in [0.4, 0.5) is 0 Å². The highest BCUT2D eigenvalue weighted by Crippen LogP contribution is 2.10. The molecule has 0 unspecified atom stereocenters. The Labute approximate surface area is 98.8 Å². The lowest BCUT2D eigenvalue weighted by molar-refractivity contribution is 0.0937. The van der Waals surface area contributed by atoms with Crippen LogP contribution in [0.5, 0.6) is 0 Å². The molecule has 0 aliphatic rings. The Morgan fingerprint density at radius 2 is 2.06 bits per heavy atom. The van der Waals surface area contributed by atoms with Crippen LogP contribution in [0.3, 0.4) is 0 Å². The SMILES string of the molecule is COCCNC(=O)c1ccc2nccnc2c1. The van der Waals surface area contributed by atoms with Gasteiger partial charge >= 0.3 is 0 Å². The average Bonchev–Trinajstić information content (AvgIpc) is 2.38. The number of hydrogen-bond donors (Lipinski definition) is 1. The van der Waals surface area contributed by atoms with E-state index in [1.165, 1.54) is 0 Å². The Balaban J connectivity index is 2.15. The maximum Gasteiger partial charge on any atom is 0.251 e. The lowest BCUT2D eigenvalue weighted by Gasteiger charge is -2.04. The van der Waals surface area contributed by atoms with Gasteiger partial charge in [0.05, 0.1) is 17.6 Å². The van der Waals surface area contributed by atoms with Crippen molar-refractivity contribution >= 4 is 16.9 Å². The zero-order valence-corrected chi connectivity index (χ0v) is 9.51. The first kappa shape index (κ1) is 11.5. The lowest BCUT2D eigenvalue weighted by Crippen LogP contribution is -2.26. The molecule has 0 fully saturated rings. The zero-order valence-electron chi connectivity index (χ0n) is 9.51. The van der Waals surface area contributed by atoms with Crippen molar-refractivity contribution in [2.45, 2.75) is 0 Å². The highest BCUT2D eigenvalue weighted by molar-refractivity contribution is 5.97. The first-order chi connectivity index (χ1) is 8.31. The number of rotatable bonds is 4. The van der Waals surface area contributed by atoms with Gasteiger partial charge in [0.1, 0.15) is 0 Å². The van der Waals surface area contributed by atoms with Crippen molar-refractivity contribution in [2.24, 2.45) is 0 Å². The Kier molecular flexibility index (Phi) is 3.62. The zero-order chi connectivity index (χ0) is 12.1. The third-order valence-corrected chi connectivity index (χ3v) is 2.32. The lowest BCUT2D eigenvalue weighted by atomic mass is 10.2. The largest absolute Gasteiger partial charge is 0.383 e. The van der Waals surface area contributed by atoms with Gasteiger partial charge in [-0.2, -0.15) is 0 Å². The monoisotopic (exact) mass is 231 g/mol. The summed E-state index contributed by atoms with van der Waals surface area (Å²) >= 11 is 0. The van der Waals surface area contributed by atoms with Crippen LogP contribution >= 0.6 is 0 Å². The molecular weight excluding hydrogens is 218 g/mol. The number of nitrogens with zero attached hydrogens (tertiary/aromatic N) is 2. The smallest absolute Gasteiger partial charge is 0.251 e. The number of hydrogen-bond acceptors (Lipinski definition) is 4. The van der Waals surface area contributed by atoms with Crippen molar-refractivity contribution < 1.29 is 9.53 Å². The van der Waals surface area contributed by atoms with Crippen molar-refractivity contribution in [1.82, 2.24) is 15.3 Å². The van der Waals surface area contributed by atoms with Crippen LogP contribution in [-0.2, 0) is 4.74 Å². The molecular formula is C12H13N3O2. The normalized spacial score (nSPS) is 10.4. The van der Waals surface area contributed by atoms with Crippen LogP contribution in [0, 0.1) is 0 Å². The first-order valence-corrected chi connectivity index (χ1v) is 5.29. The fourth-order valence-electron chi connectivity index (χ4n) is 1.47. The van der Waals surface area contributed by atoms with E-state index >= 15 is 0 Å². The summed E-state index contributed by atoms with van der Waals surface area (Å²) in [6, 6.07) is 5.25. The fraction of sp³-hybridized carbons (Fsp3) is 0.250. The molecule has 0 bridgehead atoms. The molecule has 88 valence electrons. The van der Waals surface area contributed by atoms with Gasteiger partial charge in [-0.25, -0.2) is 0 Å². The minimum Gasteiger partial charge on any atom is -0.383 e. The summed E-state index contributed by atoms with van der Waals surface area (Å²) in [6.07, 6.45) is 3.23. The number of nitrogens with one attached hydrogen (secondary N) is 1. The minimum absolute atomic E-state index is 0.130. The maximum atomic E-state index is 11.7. The van der Waals surface area contributed by atoms with E-state index in [-0.39, 0.29) is 5.91 Å². The second kappa shape index (κ2) is 5.36. The molecule has 0 spiro atoms. The van der Waals surface area contributed by atoms with E-state index in [4.69, 9.17) is 4.74 Å². The van der Waals surface area contributed by atoms with E-state index in [0.717, 1.165) is 5.52 Å². The van der Waals surface area contributed by atoms with E-state index in [0.29, 0.717) is 24.2 Å². The second-order valence-corrected chi connectivity index (χ2v) is 3.51. The summed E-state index contributed by atoms with van der Waals surface area (Å²) in [7, 11) is 1.60. The Morgan fingerprint density at radius 1 is 1.29 bits per heavy atom. The maximum absolute atomic E-state index is 11.7. The Morgan fingerprint density at radius 3 is 2.82 bits per heavy atom. The van der Waals surface area contributed by atoms with Crippen molar-refractivity contribution in [1.29, 1.82) is 0 Å². The van der Waals surface area contributed by atoms with Crippen LogP contribution in [0.2, 0.25) is 0 Å². The van der Waals surface area contributed by atoms with Gasteiger partial charge in [-0.1, -0.05) is 0 Å². The minimum atomic E-state index is -0.130. The number of ether oxygens (including phenoxy) is 1. The van der Waals surface area contributed by atoms with Gasteiger partial charge in [-0.15, -0.1) is 0 Å². The molecule has 1 aromatic heterocycles. The van der Waals surface area contributed by atoms with Gasteiger partial charge in [0.15, 0.2) is 0 Å². The van der Waals surface area contributed by atoms with Gasteiger partial charge in [-0.3, -0.25) is 14.8 Å². The molecule has 5 heteroatoms. The highest BCUT2D eigenvalue weighted by atomic mass is 16.5. The van der Waals surface area contributed by atoms with Gasteiger partial charge < -0.3 is 10.1 Å². The van der Waals surface area contributed by atoms with Crippen LogP contribution < -0.4 is 5.32 Å². The Hall–Kier alpha value is -2.01. The molecule has 0 saturated heterocycles. The summed E-state index contributed by atoms with van der Waals surface area (Å²) in [6.45, 7) is 0.993. The molecule has 1 heterocycles. The molecule has 1 aromatic carbocycles. The summed E-state index contributed by atoms with van der Waals surface area (Å²) in [5.41, 5.74) is 2.07.